The van der Waals surface area contributed by atoms with Crippen molar-refractivity contribution in [3.05, 3.63) is 5.53 Å². The summed E-state index contributed by atoms with van der Waals surface area (Å²) in [6, 6.07) is 0. The summed E-state index contributed by atoms with van der Waals surface area (Å²) in [5, 5.41) is 0. The molecular weight excluding hydrogens is 128 g/mol. The topological polar surface area (TPSA) is 53.5 Å². The molecule has 0 radical (unpaired) electrons. The smallest absolute Gasteiger partial charge is 0.323 e. The van der Waals surface area contributed by atoms with Gasteiger partial charge in [0.15, 0.2) is 0 Å². The number of carbonyl (C=O) groups is 1. The van der Waals surface area contributed by atoms with Gasteiger partial charge in [-0.1, -0.05) is 20.3 Å². The molecule has 10 heavy (non-hydrogen) atoms. The van der Waals surface area contributed by atoms with Gasteiger partial charge in [0, 0.05) is 5.92 Å². The molecule has 0 aliphatic carbocycles. The molecule has 0 spiro atoms. The van der Waals surface area contributed by atoms with Gasteiger partial charge < -0.3 is 5.53 Å². The number of hydrogen-bond acceptors (Lipinski definition) is 1. The molecule has 0 aliphatic heterocycles. The van der Waals surface area contributed by atoms with Crippen LogP contribution in [0.15, 0.2) is 0 Å². The number of ketones is 1. The van der Waals surface area contributed by atoms with Crippen molar-refractivity contribution in [2.75, 3.05) is 0 Å². The predicted molar refractivity (Wildman–Crippen MR) is 38.8 cm³/mol. The maximum absolute atomic E-state index is 10.8. The van der Waals surface area contributed by atoms with E-state index in [-0.39, 0.29) is 11.7 Å². The molecule has 0 amide bonds. The van der Waals surface area contributed by atoms with Crippen LogP contribution in [0.25, 0.3) is 5.53 Å². The molecule has 1 atom stereocenters. The van der Waals surface area contributed by atoms with Crippen LogP contribution in [0.4, 0.5) is 0 Å². The normalized spacial score (nSPS) is 11.8. The highest BCUT2D eigenvalue weighted by molar-refractivity contribution is 6.26. The van der Waals surface area contributed by atoms with Crippen molar-refractivity contribution < 1.29 is 9.58 Å². The van der Waals surface area contributed by atoms with E-state index in [1.807, 2.05) is 13.8 Å². The summed E-state index contributed by atoms with van der Waals surface area (Å²) in [6.07, 6.45) is 2.79. The van der Waals surface area contributed by atoms with E-state index in [9.17, 15) is 4.79 Å². The maximum Gasteiger partial charge on any atom is 0.323 e. The minimum absolute atomic E-state index is 0.0131. The summed E-state index contributed by atoms with van der Waals surface area (Å²) in [4.78, 5) is 13.5. The Morgan fingerprint density at radius 1 is 1.80 bits per heavy atom. The Morgan fingerprint density at radius 2 is 2.40 bits per heavy atom. The Bertz CT molecular complexity index is 159. The lowest BCUT2D eigenvalue weighted by Crippen LogP contribution is -2.11. The number of nitrogens with zero attached hydrogens (tertiary/aromatic N) is 2. The van der Waals surface area contributed by atoms with Crippen molar-refractivity contribution in [3.8, 4) is 0 Å². The van der Waals surface area contributed by atoms with E-state index in [0.29, 0.717) is 0 Å². The van der Waals surface area contributed by atoms with Gasteiger partial charge in [-0.15, -0.1) is 0 Å². The van der Waals surface area contributed by atoms with Gasteiger partial charge in [-0.3, -0.25) is 4.79 Å². The van der Waals surface area contributed by atoms with Crippen molar-refractivity contribution >= 4 is 12.0 Å². The first-order chi connectivity index (χ1) is 4.72. The Balaban J connectivity index is 3.81. The molecule has 0 aromatic heterocycles. The van der Waals surface area contributed by atoms with Crippen LogP contribution in [0.5, 0.6) is 0 Å². The third kappa shape index (κ3) is 3.15. The minimum atomic E-state index is -0.107. The van der Waals surface area contributed by atoms with Gasteiger partial charge in [-0.25, -0.2) is 0 Å². The molecule has 0 aromatic rings. The van der Waals surface area contributed by atoms with Crippen molar-refractivity contribution in [1.82, 2.24) is 0 Å². The summed E-state index contributed by atoms with van der Waals surface area (Å²) in [5.41, 5.74) is 8.00. The second-order valence-corrected chi connectivity index (χ2v) is 2.34. The van der Waals surface area contributed by atoms with Gasteiger partial charge in [-0.05, 0) is 6.42 Å². The first-order valence-corrected chi connectivity index (χ1v) is 3.43. The molecule has 0 aliphatic rings. The van der Waals surface area contributed by atoms with Crippen LogP contribution in [-0.4, -0.2) is 16.8 Å². The number of carbonyl (C=O) groups excluding carboxylic acids is 1. The molecule has 0 heterocycles. The van der Waals surface area contributed by atoms with E-state index in [4.69, 9.17) is 5.53 Å². The van der Waals surface area contributed by atoms with Crippen LogP contribution in [0, 0.1) is 5.92 Å². The Kier molecular flexibility index (Phi) is 4.42. The van der Waals surface area contributed by atoms with Gasteiger partial charge in [-0.2, -0.15) is 4.79 Å². The molecule has 0 fully saturated rings. The molecule has 3 heteroatoms. The second kappa shape index (κ2) is 4.89. The summed E-state index contributed by atoms with van der Waals surface area (Å²) in [7, 11) is 0. The lowest BCUT2D eigenvalue weighted by molar-refractivity contribution is -0.119. The fraction of sp³-hybridized carbons (Fsp3) is 0.714. The summed E-state index contributed by atoms with van der Waals surface area (Å²) in [5.74, 6) is -0.120. The quantitative estimate of drug-likeness (QED) is 0.330. The molecule has 0 rings (SSSR count). The zero-order chi connectivity index (χ0) is 7.98. The highest BCUT2D eigenvalue weighted by Crippen LogP contribution is 2.03. The maximum atomic E-state index is 10.8. The molecule has 56 valence electrons. The fourth-order valence-corrected chi connectivity index (χ4v) is 0.759. The third-order valence-electron chi connectivity index (χ3n) is 1.39. The fourth-order valence-electron chi connectivity index (χ4n) is 0.759. The van der Waals surface area contributed by atoms with E-state index in [1.165, 1.54) is 0 Å². The zero-order valence-electron chi connectivity index (χ0n) is 6.37. The summed E-state index contributed by atoms with van der Waals surface area (Å²) >= 11 is 0. The lowest BCUT2D eigenvalue weighted by atomic mass is 10.0. The minimum Gasteiger partial charge on any atom is -0.361 e. The second-order valence-electron chi connectivity index (χ2n) is 2.34. The summed E-state index contributed by atoms with van der Waals surface area (Å²) < 4.78 is 0. The Hall–Kier alpha value is -0.950. The van der Waals surface area contributed by atoms with Crippen LogP contribution in [0.1, 0.15) is 26.7 Å². The van der Waals surface area contributed by atoms with E-state index in [2.05, 4.69) is 4.79 Å². The molecule has 0 saturated carbocycles. The van der Waals surface area contributed by atoms with Gasteiger partial charge >= 0.3 is 6.21 Å². The Labute approximate surface area is 60.7 Å². The van der Waals surface area contributed by atoms with Crippen LogP contribution in [-0.2, 0) is 4.79 Å². The van der Waals surface area contributed by atoms with Crippen molar-refractivity contribution in [2.24, 2.45) is 5.92 Å². The van der Waals surface area contributed by atoms with Crippen LogP contribution in [0.2, 0.25) is 0 Å². The van der Waals surface area contributed by atoms with Crippen LogP contribution >= 0.6 is 0 Å². The average molecular weight is 140 g/mol. The Morgan fingerprint density at radius 3 is 2.80 bits per heavy atom. The first-order valence-electron chi connectivity index (χ1n) is 3.43. The predicted octanol–water partition coefficient (Wildman–Crippen LogP) is 1.29. The number of rotatable bonds is 4. The van der Waals surface area contributed by atoms with E-state index in [0.717, 1.165) is 19.1 Å². The van der Waals surface area contributed by atoms with Crippen LogP contribution < -0.4 is 0 Å². The zero-order valence-corrected chi connectivity index (χ0v) is 6.37. The van der Waals surface area contributed by atoms with Crippen LogP contribution in [0.3, 0.4) is 0 Å². The highest BCUT2D eigenvalue weighted by Gasteiger charge is 2.11. The molecule has 1 unspecified atom stereocenters. The molecular formula is C7H12N2O. The third-order valence-corrected chi connectivity index (χ3v) is 1.39. The van der Waals surface area contributed by atoms with Gasteiger partial charge in [0.1, 0.15) is 0 Å². The largest absolute Gasteiger partial charge is 0.361 e. The van der Waals surface area contributed by atoms with Gasteiger partial charge in [0.05, 0.1) is 0 Å². The average Bonchev–Trinajstić information content (AvgIpc) is 1.89. The van der Waals surface area contributed by atoms with E-state index >= 15 is 0 Å². The van der Waals surface area contributed by atoms with Gasteiger partial charge in [0.25, 0.3) is 0 Å². The molecule has 0 aromatic carbocycles. The molecule has 0 bridgehead atoms. The monoisotopic (exact) mass is 140 g/mol. The molecule has 0 saturated heterocycles. The van der Waals surface area contributed by atoms with Gasteiger partial charge in [0.2, 0.25) is 5.78 Å². The first kappa shape index (κ1) is 9.05. The van der Waals surface area contributed by atoms with Crippen molar-refractivity contribution in [2.45, 2.75) is 26.7 Å². The number of hydrogen-bond donors (Lipinski definition) is 0. The standard InChI is InChI=1S/C7H12N2O/c1-3-4-6(2)7(10)5-9-8/h5-6H,3-4H2,1-2H3. The SMILES string of the molecule is CCCC(C)C(=O)C=[N+]=[N-]. The highest BCUT2D eigenvalue weighted by atomic mass is 16.1. The number of Topliss-reactive ketones (excluding diaryl/α,β-unsaturated/α-hetero) is 1. The lowest BCUT2D eigenvalue weighted by Gasteiger charge is -1.99. The molecule has 0 N–H and O–H groups in total. The van der Waals surface area contributed by atoms with E-state index < -0.39 is 0 Å². The molecule has 3 nitrogen and oxygen atoms in total. The van der Waals surface area contributed by atoms with Crippen molar-refractivity contribution in [1.29, 1.82) is 0 Å². The van der Waals surface area contributed by atoms with E-state index in [1.54, 1.807) is 0 Å². The van der Waals surface area contributed by atoms with Crippen molar-refractivity contribution in [3.63, 3.8) is 0 Å². The summed E-state index contributed by atoms with van der Waals surface area (Å²) in [6.45, 7) is 3.84.